The maximum Gasteiger partial charge on any atom is 0.272 e. The monoisotopic (exact) mass is 322 g/mol. The van der Waals surface area contributed by atoms with Gasteiger partial charge < -0.3 is 4.74 Å². The number of hydrazone groups is 1. The number of methoxy groups -OCH3 is 1. The number of hydrogen-bond donors (Lipinski definition) is 1. The number of halogens is 2. The molecule has 0 aliphatic heterocycles. The van der Waals surface area contributed by atoms with Gasteiger partial charge in [0.15, 0.2) is 0 Å². The second-order valence-electron chi connectivity index (χ2n) is 4.10. The fraction of sp³-hybridized carbons (Fsp3) is 0.0667. The van der Waals surface area contributed by atoms with Crippen LogP contribution in [0.2, 0.25) is 10.0 Å². The Bertz CT molecular complexity index is 687. The van der Waals surface area contributed by atoms with Gasteiger partial charge in [0.2, 0.25) is 0 Å². The van der Waals surface area contributed by atoms with Crippen LogP contribution in [0.3, 0.4) is 0 Å². The van der Waals surface area contributed by atoms with Gasteiger partial charge in [-0.15, -0.1) is 0 Å². The molecule has 0 spiro atoms. The number of carbonyl (C=O) groups is 1. The predicted molar refractivity (Wildman–Crippen MR) is 84.5 cm³/mol. The summed E-state index contributed by atoms with van der Waals surface area (Å²) in [6, 6.07) is 11.9. The van der Waals surface area contributed by atoms with Crippen LogP contribution in [-0.2, 0) is 0 Å². The Balaban J connectivity index is 2.06. The maximum absolute atomic E-state index is 11.9. The highest BCUT2D eigenvalue weighted by Gasteiger charge is 2.09. The summed E-state index contributed by atoms with van der Waals surface area (Å²) in [6.45, 7) is 0. The molecule has 1 N–H and O–H groups in total. The molecule has 0 aliphatic carbocycles. The van der Waals surface area contributed by atoms with Crippen LogP contribution in [0.15, 0.2) is 47.6 Å². The molecule has 4 nitrogen and oxygen atoms in total. The van der Waals surface area contributed by atoms with Gasteiger partial charge in [-0.05, 0) is 35.9 Å². The van der Waals surface area contributed by atoms with Gasteiger partial charge in [0, 0.05) is 5.02 Å². The first-order valence-corrected chi connectivity index (χ1v) is 6.78. The summed E-state index contributed by atoms with van der Waals surface area (Å²) in [7, 11) is 1.58. The average molecular weight is 323 g/mol. The van der Waals surface area contributed by atoms with Crippen molar-refractivity contribution in [1.82, 2.24) is 5.43 Å². The van der Waals surface area contributed by atoms with Crippen molar-refractivity contribution in [3.8, 4) is 5.75 Å². The van der Waals surface area contributed by atoms with E-state index < -0.39 is 5.91 Å². The zero-order valence-electron chi connectivity index (χ0n) is 11.1. The minimum Gasteiger partial charge on any atom is -0.497 e. The molecule has 0 radical (unpaired) electrons. The molecule has 0 unspecified atom stereocenters. The van der Waals surface area contributed by atoms with Crippen LogP contribution in [0, 0.1) is 0 Å². The molecule has 21 heavy (non-hydrogen) atoms. The highest BCUT2D eigenvalue weighted by Crippen LogP contribution is 2.20. The Morgan fingerprint density at radius 1 is 1.24 bits per heavy atom. The summed E-state index contributed by atoms with van der Waals surface area (Å²) in [5.74, 6) is 0.282. The lowest BCUT2D eigenvalue weighted by Crippen LogP contribution is -2.18. The molecule has 0 fully saturated rings. The molecule has 6 heteroatoms. The van der Waals surface area contributed by atoms with Gasteiger partial charge in [-0.1, -0.05) is 35.3 Å². The summed E-state index contributed by atoms with van der Waals surface area (Å²) < 4.78 is 5.10. The summed E-state index contributed by atoms with van der Waals surface area (Å²) >= 11 is 11.8. The number of nitrogens with zero attached hydrogens (tertiary/aromatic N) is 1. The molecular weight excluding hydrogens is 311 g/mol. The summed E-state index contributed by atoms with van der Waals surface area (Å²) in [6.07, 6.45) is 1.51. The zero-order valence-corrected chi connectivity index (χ0v) is 12.7. The maximum atomic E-state index is 11.9. The highest BCUT2D eigenvalue weighted by atomic mass is 35.5. The fourth-order valence-corrected chi connectivity index (χ4v) is 1.99. The topological polar surface area (TPSA) is 50.7 Å². The van der Waals surface area contributed by atoms with Gasteiger partial charge in [-0.25, -0.2) is 5.43 Å². The second kappa shape index (κ2) is 7.11. The van der Waals surface area contributed by atoms with Gasteiger partial charge in [0.25, 0.3) is 5.91 Å². The van der Waals surface area contributed by atoms with E-state index in [-0.39, 0.29) is 5.56 Å². The molecule has 0 saturated carbocycles. The summed E-state index contributed by atoms with van der Waals surface area (Å²) in [5, 5.41) is 4.63. The number of ether oxygens (including phenoxy) is 1. The second-order valence-corrected chi connectivity index (χ2v) is 4.94. The number of carbonyl (C=O) groups excluding carboxylic acids is 1. The van der Waals surface area contributed by atoms with Gasteiger partial charge in [-0.3, -0.25) is 4.79 Å². The van der Waals surface area contributed by atoms with Crippen LogP contribution in [-0.4, -0.2) is 19.2 Å². The molecule has 2 aromatic rings. The van der Waals surface area contributed by atoms with Gasteiger partial charge in [-0.2, -0.15) is 5.10 Å². The predicted octanol–water partition coefficient (Wildman–Crippen LogP) is 3.77. The van der Waals surface area contributed by atoms with Crippen LogP contribution in [0.4, 0.5) is 0 Å². The molecule has 2 aromatic carbocycles. The first-order chi connectivity index (χ1) is 10.1. The molecule has 0 aliphatic rings. The Morgan fingerprint density at radius 2 is 2.05 bits per heavy atom. The molecule has 108 valence electrons. The first kappa shape index (κ1) is 15.4. The molecule has 2 rings (SSSR count). The number of amides is 1. The van der Waals surface area contributed by atoms with Crippen molar-refractivity contribution in [2.45, 2.75) is 0 Å². The molecular formula is C15H12Cl2N2O2. The molecule has 0 heterocycles. The van der Waals surface area contributed by atoms with Crippen molar-refractivity contribution in [3.63, 3.8) is 0 Å². The van der Waals surface area contributed by atoms with Gasteiger partial charge >= 0.3 is 0 Å². The van der Waals surface area contributed by atoms with Crippen molar-refractivity contribution in [2.75, 3.05) is 7.11 Å². The number of nitrogens with one attached hydrogen (secondary N) is 1. The zero-order chi connectivity index (χ0) is 15.2. The quantitative estimate of drug-likeness (QED) is 0.688. The Kier molecular flexibility index (Phi) is 5.20. The number of rotatable bonds is 4. The molecule has 1 amide bonds. The minimum atomic E-state index is -0.429. The first-order valence-electron chi connectivity index (χ1n) is 6.02. The van der Waals surface area contributed by atoms with E-state index in [2.05, 4.69) is 10.5 Å². The summed E-state index contributed by atoms with van der Waals surface area (Å²) in [5.41, 5.74) is 3.47. The van der Waals surface area contributed by atoms with E-state index >= 15 is 0 Å². The van der Waals surface area contributed by atoms with Crippen molar-refractivity contribution >= 4 is 35.3 Å². The Morgan fingerprint density at radius 3 is 2.81 bits per heavy atom. The van der Waals surface area contributed by atoms with Crippen molar-refractivity contribution in [3.05, 3.63) is 63.6 Å². The highest BCUT2D eigenvalue weighted by molar-refractivity contribution is 6.35. The third kappa shape index (κ3) is 4.21. The minimum absolute atomic E-state index is 0.270. The number of hydrogen-bond acceptors (Lipinski definition) is 3. The van der Waals surface area contributed by atoms with Gasteiger partial charge in [0.1, 0.15) is 5.75 Å². The van der Waals surface area contributed by atoms with E-state index in [1.165, 1.54) is 12.3 Å². The van der Waals surface area contributed by atoms with E-state index in [4.69, 9.17) is 27.9 Å². The number of benzene rings is 2. The average Bonchev–Trinajstić information content (AvgIpc) is 2.49. The van der Waals surface area contributed by atoms with E-state index in [1.807, 2.05) is 18.2 Å². The fourth-order valence-electron chi connectivity index (χ4n) is 1.62. The van der Waals surface area contributed by atoms with E-state index in [1.54, 1.807) is 25.3 Å². The molecule has 0 saturated heterocycles. The lowest BCUT2D eigenvalue weighted by Gasteiger charge is -2.03. The van der Waals surface area contributed by atoms with Crippen LogP contribution in [0.1, 0.15) is 15.9 Å². The van der Waals surface area contributed by atoms with E-state index in [9.17, 15) is 4.79 Å². The third-order valence-electron chi connectivity index (χ3n) is 2.65. The standard InChI is InChI=1S/C15H12Cl2N2O2/c1-21-12-4-2-3-10(7-12)9-18-19-15(20)13-8-11(16)5-6-14(13)17/h2-9H,1H3,(H,19,20)/b18-9-. The van der Waals surface area contributed by atoms with Gasteiger partial charge in [0.05, 0.1) is 23.9 Å². The Labute approximate surface area is 132 Å². The molecule has 0 atom stereocenters. The normalized spacial score (nSPS) is 10.6. The molecule has 0 bridgehead atoms. The van der Waals surface area contributed by atoms with Crippen LogP contribution in [0.5, 0.6) is 5.75 Å². The van der Waals surface area contributed by atoms with Crippen LogP contribution < -0.4 is 10.2 Å². The SMILES string of the molecule is COc1cccc(/C=N\NC(=O)c2cc(Cl)ccc2Cl)c1. The third-order valence-corrected chi connectivity index (χ3v) is 3.21. The lowest BCUT2D eigenvalue weighted by molar-refractivity contribution is 0.0955. The largest absolute Gasteiger partial charge is 0.497 e. The molecule has 0 aromatic heterocycles. The van der Waals surface area contributed by atoms with Crippen LogP contribution in [0.25, 0.3) is 0 Å². The van der Waals surface area contributed by atoms with Crippen molar-refractivity contribution in [2.24, 2.45) is 5.10 Å². The lowest BCUT2D eigenvalue weighted by atomic mass is 10.2. The van der Waals surface area contributed by atoms with Crippen molar-refractivity contribution < 1.29 is 9.53 Å². The van der Waals surface area contributed by atoms with E-state index in [0.717, 1.165) is 5.56 Å². The Hall–Kier alpha value is -2.04. The van der Waals surface area contributed by atoms with Crippen molar-refractivity contribution in [1.29, 1.82) is 0 Å². The van der Waals surface area contributed by atoms with Crippen LogP contribution >= 0.6 is 23.2 Å². The smallest absolute Gasteiger partial charge is 0.272 e. The van der Waals surface area contributed by atoms with E-state index in [0.29, 0.717) is 15.8 Å². The summed E-state index contributed by atoms with van der Waals surface area (Å²) in [4.78, 5) is 11.9.